The van der Waals surface area contributed by atoms with Crippen molar-refractivity contribution in [3.8, 4) is 5.75 Å². The molecule has 0 aliphatic rings. The molecular weight excluding hydrogens is 360 g/mol. The van der Waals surface area contributed by atoms with Crippen molar-refractivity contribution in [2.75, 3.05) is 13.2 Å². The van der Waals surface area contributed by atoms with E-state index in [2.05, 4.69) is 10.6 Å². The number of nitrogens with one attached hydrogen (secondary N) is 2. The molecule has 1 aromatic carbocycles. The number of para-hydroxylation sites is 1. The summed E-state index contributed by atoms with van der Waals surface area (Å²) in [5.41, 5.74) is 0.682. The summed E-state index contributed by atoms with van der Waals surface area (Å²) in [5.74, 6) is 1.23. The minimum absolute atomic E-state index is 0.106. The number of fused-ring (bicyclic) bond motifs is 1. The molecular formula is C21H24N2O5. The van der Waals surface area contributed by atoms with Crippen LogP contribution in [0.5, 0.6) is 5.75 Å². The first kappa shape index (κ1) is 19.5. The molecule has 2 aromatic heterocycles. The molecule has 2 heterocycles. The first-order valence-corrected chi connectivity index (χ1v) is 9.34. The van der Waals surface area contributed by atoms with Gasteiger partial charge in [-0.2, -0.15) is 0 Å². The largest absolute Gasteiger partial charge is 0.490 e. The van der Waals surface area contributed by atoms with Crippen LogP contribution in [-0.4, -0.2) is 25.0 Å². The molecule has 0 saturated carbocycles. The second kappa shape index (κ2) is 9.12. The van der Waals surface area contributed by atoms with Crippen LogP contribution in [0, 0.1) is 0 Å². The van der Waals surface area contributed by atoms with Gasteiger partial charge >= 0.3 is 0 Å². The van der Waals surface area contributed by atoms with Crippen LogP contribution in [0.2, 0.25) is 0 Å². The van der Waals surface area contributed by atoms with Gasteiger partial charge in [-0.25, -0.2) is 0 Å². The summed E-state index contributed by atoms with van der Waals surface area (Å²) >= 11 is 0. The monoisotopic (exact) mass is 384 g/mol. The van der Waals surface area contributed by atoms with Crippen LogP contribution < -0.4 is 15.4 Å². The van der Waals surface area contributed by atoms with Crippen molar-refractivity contribution in [2.45, 2.75) is 32.7 Å². The lowest BCUT2D eigenvalue weighted by molar-refractivity contribution is -0.121. The van der Waals surface area contributed by atoms with E-state index in [1.54, 1.807) is 12.1 Å². The Morgan fingerprint density at radius 2 is 2.07 bits per heavy atom. The van der Waals surface area contributed by atoms with Gasteiger partial charge in [0.1, 0.15) is 5.76 Å². The molecule has 7 nitrogen and oxygen atoms in total. The standard InChI is InChI=1S/C21H24N2O5/c1-3-26-16-8-4-7-15-13-18(28-20(15)16)14(2)23-19(24)10-5-11-22-21(25)17-9-6-12-27-17/h4,6-9,12-14H,3,5,10-11H2,1-2H3,(H,22,25)(H,23,24). The van der Waals surface area contributed by atoms with Gasteiger partial charge < -0.3 is 24.2 Å². The molecule has 0 spiro atoms. The molecule has 28 heavy (non-hydrogen) atoms. The van der Waals surface area contributed by atoms with Crippen molar-refractivity contribution in [1.82, 2.24) is 10.6 Å². The van der Waals surface area contributed by atoms with Crippen molar-refractivity contribution in [3.05, 3.63) is 54.2 Å². The lowest BCUT2D eigenvalue weighted by Gasteiger charge is -2.11. The van der Waals surface area contributed by atoms with E-state index in [1.165, 1.54) is 6.26 Å². The zero-order valence-corrected chi connectivity index (χ0v) is 16.0. The fourth-order valence-electron chi connectivity index (χ4n) is 2.87. The Hall–Kier alpha value is -3.22. The topological polar surface area (TPSA) is 93.7 Å². The van der Waals surface area contributed by atoms with Gasteiger partial charge in [0, 0.05) is 18.4 Å². The third kappa shape index (κ3) is 4.73. The van der Waals surface area contributed by atoms with Crippen molar-refractivity contribution >= 4 is 22.8 Å². The van der Waals surface area contributed by atoms with E-state index in [-0.39, 0.29) is 23.6 Å². The number of ether oxygens (including phenoxy) is 1. The van der Waals surface area contributed by atoms with Crippen LogP contribution in [0.1, 0.15) is 49.0 Å². The Balaban J connectivity index is 1.48. The van der Waals surface area contributed by atoms with Crippen molar-refractivity contribution < 1.29 is 23.2 Å². The molecule has 3 rings (SSSR count). The van der Waals surface area contributed by atoms with E-state index >= 15 is 0 Å². The van der Waals surface area contributed by atoms with Crippen LogP contribution in [0.25, 0.3) is 11.0 Å². The van der Waals surface area contributed by atoms with Gasteiger partial charge in [0.25, 0.3) is 5.91 Å². The van der Waals surface area contributed by atoms with Gasteiger partial charge in [-0.15, -0.1) is 0 Å². The molecule has 0 aliphatic carbocycles. The van der Waals surface area contributed by atoms with Crippen LogP contribution >= 0.6 is 0 Å². The number of carbonyl (C=O) groups excluding carboxylic acids is 2. The number of carbonyl (C=O) groups is 2. The van der Waals surface area contributed by atoms with E-state index in [0.717, 1.165) is 5.39 Å². The first-order chi connectivity index (χ1) is 13.6. The maximum Gasteiger partial charge on any atom is 0.286 e. The summed E-state index contributed by atoms with van der Waals surface area (Å²) < 4.78 is 16.5. The van der Waals surface area contributed by atoms with E-state index in [4.69, 9.17) is 13.6 Å². The SMILES string of the molecule is CCOc1cccc2cc(C(C)NC(=O)CCCNC(=O)c3ccco3)oc12. The van der Waals surface area contributed by atoms with Crippen molar-refractivity contribution in [3.63, 3.8) is 0 Å². The summed E-state index contributed by atoms with van der Waals surface area (Å²) in [7, 11) is 0. The number of rotatable bonds is 9. The van der Waals surface area contributed by atoms with Crippen LogP contribution in [-0.2, 0) is 4.79 Å². The molecule has 7 heteroatoms. The molecule has 0 aliphatic heterocycles. The average molecular weight is 384 g/mol. The number of amides is 2. The van der Waals surface area contributed by atoms with Gasteiger partial charge in [0.05, 0.1) is 18.9 Å². The summed E-state index contributed by atoms with van der Waals surface area (Å²) in [6, 6.07) is 10.6. The maximum absolute atomic E-state index is 12.2. The Bertz CT molecular complexity index is 930. The lowest BCUT2D eigenvalue weighted by atomic mass is 10.2. The van der Waals surface area contributed by atoms with Gasteiger partial charge in [-0.3, -0.25) is 9.59 Å². The van der Waals surface area contributed by atoms with E-state index in [9.17, 15) is 9.59 Å². The molecule has 148 valence electrons. The summed E-state index contributed by atoms with van der Waals surface area (Å²) in [4.78, 5) is 23.9. The van der Waals surface area contributed by atoms with Gasteiger partial charge in [0.2, 0.25) is 5.91 Å². The molecule has 0 radical (unpaired) electrons. The van der Waals surface area contributed by atoms with E-state index in [1.807, 2.05) is 38.1 Å². The zero-order chi connectivity index (χ0) is 19.9. The highest BCUT2D eigenvalue weighted by molar-refractivity contribution is 5.91. The minimum atomic E-state index is -0.286. The highest BCUT2D eigenvalue weighted by Gasteiger charge is 2.16. The molecule has 0 bridgehead atoms. The Morgan fingerprint density at radius 3 is 2.82 bits per heavy atom. The second-order valence-corrected chi connectivity index (χ2v) is 6.38. The minimum Gasteiger partial charge on any atom is -0.490 e. The fourth-order valence-corrected chi connectivity index (χ4v) is 2.87. The highest BCUT2D eigenvalue weighted by atomic mass is 16.5. The van der Waals surface area contributed by atoms with Crippen LogP contribution in [0.4, 0.5) is 0 Å². The second-order valence-electron chi connectivity index (χ2n) is 6.38. The molecule has 0 saturated heterocycles. The van der Waals surface area contributed by atoms with E-state index in [0.29, 0.717) is 43.1 Å². The number of benzene rings is 1. The van der Waals surface area contributed by atoms with Gasteiger partial charge in [-0.05, 0) is 44.5 Å². The van der Waals surface area contributed by atoms with Crippen molar-refractivity contribution in [2.24, 2.45) is 0 Å². The molecule has 2 N–H and O–H groups in total. The molecule has 2 amide bonds. The molecule has 1 unspecified atom stereocenters. The first-order valence-electron chi connectivity index (χ1n) is 9.34. The number of hydrogen-bond donors (Lipinski definition) is 2. The van der Waals surface area contributed by atoms with Gasteiger partial charge in [-0.1, -0.05) is 12.1 Å². The Morgan fingerprint density at radius 1 is 1.21 bits per heavy atom. The molecule has 3 aromatic rings. The summed E-state index contributed by atoms with van der Waals surface area (Å²) in [5, 5.41) is 6.57. The third-order valence-corrected chi connectivity index (χ3v) is 4.24. The van der Waals surface area contributed by atoms with Crippen LogP contribution in [0.3, 0.4) is 0 Å². The predicted molar refractivity (Wildman–Crippen MR) is 104 cm³/mol. The smallest absolute Gasteiger partial charge is 0.286 e. The van der Waals surface area contributed by atoms with Gasteiger partial charge in [0.15, 0.2) is 17.1 Å². The fraction of sp³-hybridized carbons (Fsp3) is 0.333. The average Bonchev–Trinajstić information content (AvgIpc) is 3.35. The van der Waals surface area contributed by atoms with Crippen molar-refractivity contribution in [1.29, 1.82) is 0 Å². The maximum atomic E-state index is 12.2. The highest BCUT2D eigenvalue weighted by Crippen LogP contribution is 2.31. The molecule has 0 fully saturated rings. The summed E-state index contributed by atoms with van der Waals surface area (Å²) in [6.07, 6.45) is 2.27. The summed E-state index contributed by atoms with van der Waals surface area (Å²) in [6.45, 7) is 4.73. The quantitative estimate of drug-likeness (QED) is 0.547. The van der Waals surface area contributed by atoms with Crippen LogP contribution in [0.15, 0.2) is 51.5 Å². The van der Waals surface area contributed by atoms with E-state index < -0.39 is 0 Å². The predicted octanol–water partition coefficient (Wildman–Crippen LogP) is 3.81. The normalized spacial score (nSPS) is 11.9. The molecule has 1 atom stereocenters. The zero-order valence-electron chi connectivity index (χ0n) is 16.0. The Labute approximate surface area is 163 Å². The number of hydrogen-bond acceptors (Lipinski definition) is 5. The third-order valence-electron chi connectivity index (χ3n) is 4.24. The Kier molecular flexibility index (Phi) is 6.37. The number of furan rings is 2. The lowest BCUT2D eigenvalue weighted by Crippen LogP contribution is -2.28.